The fourth-order valence-corrected chi connectivity index (χ4v) is 1.47. The summed E-state index contributed by atoms with van der Waals surface area (Å²) in [6, 6.07) is 7.02. The van der Waals surface area contributed by atoms with Gasteiger partial charge in [0.05, 0.1) is 25.9 Å². The summed E-state index contributed by atoms with van der Waals surface area (Å²) in [5, 5.41) is 11.2. The van der Waals surface area contributed by atoms with Gasteiger partial charge in [-0.1, -0.05) is 12.1 Å². The van der Waals surface area contributed by atoms with Crippen LogP contribution in [0.4, 0.5) is 5.69 Å². The molecule has 1 rings (SSSR count). The average Bonchev–Trinajstić information content (AvgIpc) is 2.28. The number of methoxy groups -OCH3 is 1. The van der Waals surface area contributed by atoms with Crippen LogP contribution in [0.15, 0.2) is 24.3 Å². The number of hydrogen-bond acceptors (Lipinski definition) is 4. The second-order valence-electron chi connectivity index (χ2n) is 3.81. The number of amides is 1. The first-order chi connectivity index (χ1) is 8.52. The summed E-state index contributed by atoms with van der Waals surface area (Å²) in [4.78, 5) is 23.5. The number of ether oxygens (including phenoxy) is 1. The number of rotatable bonds is 6. The molecule has 0 saturated carbocycles. The predicted octanol–water partition coefficient (Wildman–Crippen LogP) is 0.650. The Kier molecular flexibility index (Phi) is 5.13. The fraction of sp³-hybridized carbons (Fsp3) is 0.333. The Balaban J connectivity index is 2.56. The summed E-state index contributed by atoms with van der Waals surface area (Å²) in [5.41, 5.74) is 0.564. The largest absolute Gasteiger partial charge is 0.495 e. The van der Waals surface area contributed by atoms with E-state index < -0.39 is 5.97 Å². The molecule has 0 aliphatic heterocycles. The molecule has 6 nitrogen and oxygen atoms in total. The Morgan fingerprint density at radius 1 is 1.33 bits per heavy atom. The Hall–Kier alpha value is -2.08. The Labute approximate surface area is 105 Å². The van der Waals surface area contributed by atoms with Crippen LogP contribution < -0.4 is 10.1 Å². The van der Waals surface area contributed by atoms with E-state index in [1.165, 1.54) is 12.0 Å². The van der Waals surface area contributed by atoms with Crippen LogP contribution in [0, 0.1) is 0 Å². The molecular formula is C12H16N2O4. The summed E-state index contributed by atoms with van der Waals surface area (Å²) in [7, 11) is 3.08. The summed E-state index contributed by atoms with van der Waals surface area (Å²) >= 11 is 0. The number of likely N-dealkylation sites (N-methyl/N-ethyl adjacent to an activating group) is 1. The molecule has 0 atom stereocenters. The van der Waals surface area contributed by atoms with E-state index in [1.807, 2.05) is 0 Å². The van der Waals surface area contributed by atoms with Crippen molar-refractivity contribution >= 4 is 17.6 Å². The van der Waals surface area contributed by atoms with Crippen LogP contribution in [0.1, 0.15) is 0 Å². The van der Waals surface area contributed by atoms with E-state index in [2.05, 4.69) is 5.32 Å². The van der Waals surface area contributed by atoms with Gasteiger partial charge < -0.3 is 15.2 Å². The highest BCUT2D eigenvalue weighted by Gasteiger charge is 2.11. The van der Waals surface area contributed by atoms with Gasteiger partial charge in [0.2, 0.25) is 5.91 Å². The van der Waals surface area contributed by atoms with Gasteiger partial charge in [0.25, 0.3) is 0 Å². The lowest BCUT2D eigenvalue weighted by Crippen LogP contribution is -2.33. The molecule has 1 aromatic rings. The molecule has 0 aliphatic rings. The number of aliphatic carboxylic acids is 1. The van der Waals surface area contributed by atoms with Crippen LogP contribution in [-0.2, 0) is 9.59 Å². The molecule has 2 N–H and O–H groups in total. The van der Waals surface area contributed by atoms with Gasteiger partial charge in [-0.25, -0.2) is 0 Å². The van der Waals surface area contributed by atoms with Crippen LogP contribution in [0.3, 0.4) is 0 Å². The third-order valence-corrected chi connectivity index (χ3v) is 2.20. The third-order valence-electron chi connectivity index (χ3n) is 2.20. The molecule has 1 amide bonds. The number of para-hydroxylation sites is 2. The Morgan fingerprint density at radius 2 is 2.00 bits per heavy atom. The predicted molar refractivity (Wildman–Crippen MR) is 66.8 cm³/mol. The van der Waals surface area contributed by atoms with E-state index in [0.717, 1.165) is 0 Å². The van der Waals surface area contributed by atoms with Crippen LogP contribution in [0.5, 0.6) is 5.75 Å². The summed E-state index contributed by atoms with van der Waals surface area (Å²) in [6.45, 7) is -0.177. The molecular weight excluding hydrogens is 236 g/mol. The van der Waals surface area contributed by atoms with E-state index in [1.54, 1.807) is 31.3 Å². The molecule has 0 aromatic heterocycles. The maximum absolute atomic E-state index is 11.7. The lowest BCUT2D eigenvalue weighted by Gasteiger charge is -2.14. The highest BCUT2D eigenvalue weighted by molar-refractivity contribution is 5.93. The average molecular weight is 252 g/mol. The normalized spacial score (nSPS) is 10.2. The van der Waals surface area contributed by atoms with Crippen molar-refractivity contribution in [1.29, 1.82) is 0 Å². The molecule has 0 unspecified atom stereocenters. The number of carboxylic acids is 1. The van der Waals surface area contributed by atoms with E-state index in [-0.39, 0.29) is 19.0 Å². The van der Waals surface area contributed by atoms with Gasteiger partial charge >= 0.3 is 5.97 Å². The highest BCUT2D eigenvalue weighted by Crippen LogP contribution is 2.22. The molecule has 0 aliphatic carbocycles. The maximum Gasteiger partial charge on any atom is 0.317 e. The second-order valence-corrected chi connectivity index (χ2v) is 3.81. The smallest absolute Gasteiger partial charge is 0.317 e. The minimum absolute atomic E-state index is 0.00431. The van der Waals surface area contributed by atoms with E-state index in [4.69, 9.17) is 9.84 Å². The van der Waals surface area contributed by atoms with Crippen LogP contribution >= 0.6 is 0 Å². The maximum atomic E-state index is 11.7. The number of anilines is 1. The first-order valence-corrected chi connectivity index (χ1v) is 5.36. The SMILES string of the molecule is COc1ccccc1NC(=O)CN(C)CC(=O)O. The molecule has 98 valence electrons. The first kappa shape index (κ1) is 14.0. The molecule has 1 aromatic carbocycles. The number of carbonyl (C=O) groups excluding carboxylic acids is 1. The fourth-order valence-electron chi connectivity index (χ4n) is 1.47. The van der Waals surface area contributed by atoms with Crippen LogP contribution in [0.25, 0.3) is 0 Å². The minimum atomic E-state index is -0.970. The molecule has 0 spiro atoms. The van der Waals surface area contributed by atoms with Crippen molar-refractivity contribution in [2.24, 2.45) is 0 Å². The van der Waals surface area contributed by atoms with Crippen molar-refractivity contribution in [3.63, 3.8) is 0 Å². The third kappa shape index (κ3) is 4.42. The molecule has 0 radical (unpaired) electrons. The van der Waals surface area contributed by atoms with Gasteiger partial charge in [-0.05, 0) is 19.2 Å². The summed E-state index contributed by atoms with van der Waals surface area (Å²) in [6.07, 6.45) is 0. The van der Waals surface area contributed by atoms with Crippen LogP contribution in [0.2, 0.25) is 0 Å². The highest BCUT2D eigenvalue weighted by atomic mass is 16.5. The van der Waals surface area contributed by atoms with Crippen molar-refractivity contribution < 1.29 is 19.4 Å². The number of carbonyl (C=O) groups is 2. The van der Waals surface area contributed by atoms with Crippen LogP contribution in [-0.4, -0.2) is 49.1 Å². The van der Waals surface area contributed by atoms with Crippen molar-refractivity contribution in [3.05, 3.63) is 24.3 Å². The number of benzene rings is 1. The van der Waals surface area contributed by atoms with Gasteiger partial charge in [0.1, 0.15) is 5.75 Å². The molecule has 18 heavy (non-hydrogen) atoms. The van der Waals surface area contributed by atoms with Gasteiger partial charge in [0.15, 0.2) is 0 Å². The summed E-state index contributed by atoms with van der Waals surface area (Å²) in [5.74, 6) is -0.697. The first-order valence-electron chi connectivity index (χ1n) is 5.36. The Bertz CT molecular complexity index is 434. The lowest BCUT2D eigenvalue weighted by atomic mass is 10.3. The second kappa shape index (κ2) is 6.61. The van der Waals surface area contributed by atoms with Gasteiger partial charge in [-0.3, -0.25) is 14.5 Å². The monoisotopic (exact) mass is 252 g/mol. The van der Waals surface area contributed by atoms with E-state index >= 15 is 0 Å². The standard InChI is InChI=1S/C12H16N2O4/c1-14(8-12(16)17)7-11(15)13-9-5-3-4-6-10(9)18-2/h3-6H,7-8H2,1-2H3,(H,13,15)(H,16,17). The van der Waals surface area contributed by atoms with E-state index in [9.17, 15) is 9.59 Å². The molecule has 0 bridgehead atoms. The topological polar surface area (TPSA) is 78.9 Å². The number of hydrogen-bond donors (Lipinski definition) is 2. The van der Waals surface area contributed by atoms with Crippen molar-refractivity contribution in [3.8, 4) is 5.75 Å². The van der Waals surface area contributed by atoms with Gasteiger partial charge in [-0.2, -0.15) is 0 Å². The molecule has 0 heterocycles. The lowest BCUT2D eigenvalue weighted by molar-refractivity contribution is -0.138. The Morgan fingerprint density at radius 3 is 2.61 bits per heavy atom. The van der Waals surface area contributed by atoms with E-state index in [0.29, 0.717) is 11.4 Å². The van der Waals surface area contributed by atoms with Crippen molar-refractivity contribution in [1.82, 2.24) is 4.90 Å². The minimum Gasteiger partial charge on any atom is -0.495 e. The number of carboxylic acid groups (broad SMARTS) is 1. The summed E-state index contributed by atoms with van der Waals surface area (Å²) < 4.78 is 5.09. The zero-order chi connectivity index (χ0) is 13.5. The molecule has 6 heteroatoms. The quantitative estimate of drug-likeness (QED) is 0.777. The molecule has 0 saturated heterocycles. The zero-order valence-electron chi connectivity index (χ0n) is 10.3. The van der Waals surface area contributed by atoms with Crippen molar-refractivity contribution in [2.45, 2.75) is 0 Å². The van der Waals surface area contributed by atoms with Crippen molar-refractivity contribution in [2.75, 3.05) is 32.6 Å². The number of nitrogens with one attached hydrogen (secondary N) is 1. The molecule has 0 fully saturated rings. The number of nitrogens with zero attached hydrogens (tertiary/aromatic N) is 1. The van der Waals surface area contributed by atoms with Gasteiger partial charge in [0, 0.05) is 0 Å². The van der Waals surface area contributed by atoms with Gasteiger partial charge in [-0.15, -0.1) is 0 Å². The zero-order valence-corrected chi connectivity index (χ0v) is 10.3.